The molecule has 1 saturated carbocycles. The molecule has 0 aromatic heterocycles. The van der Waals surface area contributed by atoms with Gasteiger partial charge in [0.2, 0.25) is 5.91 Å². The predicted molar refractivity (Wildman–Crippen MR) is 117 cm³/mol. The zero-order valence-electron chi connectivity index (χ0n) is 17.2. The number of benzene rings is 2. The topological polar surface area (TPSA) is 65.4 Å². The lowest BCUT2D eigenvalue weighted by molar-refractivity contribution is -0.117. The van der Waals surface area contributed by atoms with Crippen molar-refractivity contribution in [2.75, 3.05) is 4.90 Å². The molecule has 0 unspecified atom stereocenters. The summed E-state index contributed by atoms with van der Waals surface area (Å²) in [6.45, 7) is 3.39. The Labute approximate surface area is 176 Å². The van der Waals surface area contributed by atoms with Crippen molar-refractivity contribution in [3.8, 4) is 11.5 Å². The van der Waals surface area contributed by atoms with E-state index in [0.717, 1.165) is 12.8 Å². The molecule has 1 fully saturated rings. The van der Waals surface area contributed by atoms with E-state index in [9.17, 15) is 4.79 Å². The van der Waals surface area contributed by atoms with Crippen LogP contribution in [0.25, 0.3) is 5.57 Å². The van der Waals surface area contributed by atoms with Gasteiger partial charge in [-0.1, -0.05) is 18.2 Å². The largest absolute Gasteiger partial charge is 0.456 e. The van der Waals surface area contributed by atoms with E-state index in [2.05, 4.69) is 5.32 Å². The minimum atomic E-state index is -0.471. The monoisotopic (exact) mass is 407 g/mol. The van der Waals surface area contributed by atoms with Crippen LogP contribution in [0.4, 0.5) is 10.1 Å². The highest BCUT2D eigenvalue weighted by Crippen LogP contribution is 2.44. The maximum atomic E-state index is 15.4. The summed E-state index contributed by atoms with van der Waals surface area (Å²) >= 11 is 0. The number of hydrogen-bond acceptors (Lipinski definition) is 4. The lowest BCUT2D eigenvalue weighted by Crippen LogP contribution is -2.41. The number of amides is 1. The average molecular weight is 407 g/mol. The van der Waals surface area contributed by atoms with Crippen molar-refractivity contribution in [3.05, 3.63) is 59.5 Å². The number of ether oxygens (including phenoxy) is 1. The van der Waals surface area contributed by atoms with E-state index >= 15 is 4.39 Å². The predicted octanol–water partition coefficient (Wildman–Crippen LogP) is 5.05. The van der Waals surface area contributed by atoms with E-state index in [0.29, 0.717) is 47.1 Å². The summed E-state index contributed by atoms with van der Waals surface area (Å²) in [4.78, 5) is 13.8. The fourth-order valence-corrected chi connectivity index (χ4v) is 3.93. The van der Waals surface area contributed by atoms with Gasteiger partial charge in [-0.15, -0.1) is 0 Å². The number of halogens is 1. The standard InChI is InChI=1S/C24H26FN3O2/c1-15-8-11-20-23(28(15)16(2)29)22(25)12-21(17(13-26)14-27-18-9-10-18)24(20)30-19-6-4-3-5-7-19/h3-7,12-15,18,26-27H,8-11H2,1-2H3/b17-14+,26-13?/t15-/m0/s1. The summed E-state index contributed by atoms with van der Waals surface area (Å²) < 4.78 is 21.6. The number of para-hydroxylation sites is 1. The molecule has 1 aliphatic heterocycles. The second-order valence-corrected chi connectivity index (χ2v) is 7.94. The van der Waals surface area contributed by atoms with Gasteiger partial charge in [-0.05, 0) is 50.8 Å². The maximum Gasteiger partial charge on any atom is 0.224 e. The molecule has 1 atom stereocenters. The van der Waals surface area contributed by atoms with E-state index in [1.807, 2.05) is 37.3 Å². The smallest absolute Gasteiger partial charge is 0.224 e. The van der Waals surface area contributed by atoms with Gasteiger partial charge in [0.15, 0.2) is 0 Å². The summed E-state index contributed by atoms with van der Waals surface area (Å²) in [5, 5.41) is 11.2. The summed E-state index contributed by atoms with van der Waals surface area (Å²) in [6, 6.07) is 11.0. The first-order valence-corrected chi connectivity index (χ1v) is 10.3. The number of rotatable bonds is 6. The number of anilines is 1. The number of nitrogens with zero attached hydrogens (tertiary/aromatic N) is 1. The molecule has 6 heteroatoms. The van der Waals surface area contributed by atoms with Gasteiger partial charge in [0.25, 0.3) is 0 Å². The van der Waals surface area contributed by atoms with Crippen LogP contribution in [0.1, 0.15) is 44.2 Å². The van der Waals surface area contributed by atoms with Crippen LogP contribution in [0.15, 0.2) is 42.6 Å². The second-order valence-electron chi connectivity index (χ2n) is 7.94. The van der Waals surface area contributed by atoms with E-state index in [1.54, 1.807) is 6.20 Å². The van der Waals surface area contributed by atoms with Gasteiger partial charge in [-0.25, -0.2) is 4.39 Å². The van der Waals surface area contributed by atoms with Gasteiger partial charge < -0.3 is 20.4 Å². The first-order valence-electron chi connectivity index (χ1n) is 10.3. The maximum absolute atomic E-state index is 15.4. The molecule has 2 aromatic rings. The van der Waals surface area contributed by atoms with E-state index in [4.69, 9.17) is 10.1 Å². The molecule has 0 spiro atoms. The average Bonchev–Trinajstić information content (AvgIpc) is 3.56. The van der Waals surface area contributed by atoms with Crippen molar-refractivity contribution < 1.29 is 13.9 Å². The Morgan fingerprint density at radius 1 is 1.27 bits per heavy atom. The molecular formula is C24H26FN3O2. The van der Waals surface area contributed by atoms with Gasteiger partial charge >= 0.3 is 0 Å². The summed E-state index contributed by atoms with van der Waals surface area (Å²) in [5.41, 5.74) is 2.01. The van der Waals surface area contributed by atoms with Crippen LogP contribution in [-0.4, -0.2) is 24.2 Å². The molecule has 0 radical (unpaired) electrons. The molecule has 0 bridgehead atoms. The van der Waals surface area contributed by atoms with Crippen molar-refractivity contribution in [1.29, 1.82) is 5.41 Å². The lowest BCUT2D eigenvalue weighted by atomic mass is 9.91. The summed E-state index contributed by atoms with van der Waals surface area (Å²) in [6.07, 6.45) is 6.47. The third-order valence-corrected chi connectivity index (χ3v) is 5.62. The molecule has 30 heavy (non-hydrogen) atoms. The van der Waals surface area contributed by atoms with Gasteiger partial charge in [0, 0.05) is 48.1 Å². The quantitative estimate of drug-likeness (QED) is 0.659. The third-order valence-electron chi connectivity index (χ3n) is 5.62. The van der Waals surface area contributed by atoms with Gasteiger partial charge in [0.05, 0.1) is 5.69 Å². The number of fused-ring (bicyclic) bond motifs is 1. The molecule has 2 aromatic carbocycles. The molecule has 2 N–H and O–H groups in total. The van der Waals surface area contributed by atoms with Crippen LogP contribution in [0, 0.1) is 11.2 Å². The van der Waals surface area contributed by atoms with E-state index in [-0.39, 0.29) is 17.6 Å². The third kappa shape index (κ3) is 3.95. The fraction of sp³-hybridized carbons (Fsp3) is 0.333. The highest BCUT2D eigenvalue weighted by molar-refractivity contribution is 6.10. The minimum absolute atomic E-state index is 0.0887. The number of nitrogens with one attached hydrogen (secondary N) is 2. The molecule has 4 rings (SSSR count). The van der Waals surface area contributed by atoms with Crippen LogP contribution in [-0.2, 0) is 11.2 Å². The Balaban J connectivity index is 1.89. The molecule has 1 aliphatic carbocycles. The number of allylic oxidation sites excluding steroid dienone is 1. The Kier molecular flexibility index (Phi) is 5.57. The van der Waals surface area contributed by atoms with Crippen molar-refractivity contribution in [1.82, 2.24) is 5.32 Å². The van der Waals surface area contributed by atoms with Gasteiger partial charge in [0.1, 0.15) is 17.3 Å². The van der Waals surface area contributed by atoms with Crippen LogP contribution < -0.4 is 15.0 Å². The fourth-order valence-electron chi connectivity index (χ4n) is 3.93. The first kappa shape index (κ1) is 20.1. The molecule has 1 amide bonds. The molecular weight excluding hydrogens is 381 g/mol. The normalized spacial score (nSPS) is 18.6. The number of hydrogen-bond donors (Lipinski definition) is 2. The van der Waals surface area contributed by atoms with Crippen LogP contribution in [0.3, 0.4) is 0 Å². The van der Waals surface area contributed by atoms with Crippen molar-refractivity contribution in [2.24, 2.45) is 0 Å². The summed E-state index contributed by atoms with van der Waals surface area (Å²) in [5.74, 6) is 0.462. The van der Waals surface area contributed by atoms with Gasteiger partial charge in [-0.3, -0.25) is 4.79 Å². The van der Waals surface area contributed by atoms with E-state index in [1.165, 1.54) is 24.1 Å². The number of carbonyl (C=O) groups excluding carboxylic acids is 1. The Morgan fingerprint density at radius 2 is 2.00 bits per heavy atom. The number of carbonyl (C=O) groups is 1. The first-order chi connectivity index (χ1) is 14.5. The zero-order chi connectivity index (χ0) is 21.3. The molecule has 2 aliphatic rings. The molecule has 156 valence electrons. The van der Waals surface area contributed by atoms with Crippen LogP contribution >= 0.6 is 0 Å². The highest BCUT2D eigenvalue weighted by Gasteiger charge is 2.33. The lowest BCUT2D eigenvalue weighted by Gasteiger charge is -2.36. The van der Waals surface area contributed by atoms with E-state index < -0.39 is 5.82 Å². The van der Waals surface area contributed by atoms with Crippen molar-refractivity contribution >= 4 is 23.4 Å². The Morgan fingerprint density at radius 3 is 2.63 bits per heavy atom. The molecule has 5 nitrogen and oxygen atoms in total. The van der Waals surface area contributed by atoms with Crippen molar-refractivity contribution in [3.63, 3.8) is 0 Å². The second kappa shape index (κ2) is 8.30. The van der Waals surface area contributed by atoms with Gasteiger partial charge in [-0.2, -0.15) is 0 Å². The molecule has 1 heterocycles. The van der Waals surface area contributed by atoms with Crippen LogP contribution in [0.5, 0.6) is 11.5 Å². The summed E-state index contributed by atoms with van der Waals surface area (Å²) in [7, 11) is 0. The molecule has 0 saturated heterocycles. The Hall–Kier alpha value is -3.15. The Bertz CT molecular complexity index is 999. The van der Waals surface area contributed by atoms with Crippen molar-refractivity contribution in [2.45, 2.75) is 51.6 Å². The zero-order valence-corrected chi connectivity index (χ0v) is 17.2. The van der Waals surface area contributed by atoms with Crippen LogP contribution in [0.2, 0.25) is 0 Å². The SMILES string of the molecule is CC(=O)N1c2c(F)cc(/C(C=N)=C/NC3CC3)c(Oc3ccccc3)c2CC[C@@H]1C. The highest BCUT2D eigenvalue weighted by atomic mass is 19.1. The minimum Gasteiger partial charge on any atom is -0.456 e.